The van der Waals surface area contributed by atoms with Crippen molar-refractivity contribution in [2.45, 2.75) is 25.6 Å². The lowest BCUT2D eigenvalue weighted by molar-refractivity contribution is -0.140. The van der Waals surface area contributed by atoms with E-state index < -0.39 is 29.3 Å². The third-order valence-electron chi connectivity index (χ3n) is 6.82. The molecular formula is C28H22ClF3N2O3. The van der Waals surface area contributed by atoms with Crippen molar-refractivity contribution in [1.82, 2.24) is 4.57 Å². The maximum absolute atomic E-state index is 13.7. The minimum Gasteiger partial charge on any atom is -0.480 e. The summed E-state index contributed by atoms with van der Waals surface area (Å²) in [5.74, 6) is -0.953. The first kappa shape index (κ1) is 24.9. The van der Waals surface area contributed by atoms with E-state index in [9.17, 15) is 27.9 Å². The van der Waals surface area contributed by atoms with Gasteiger partial charge in [-0.15, -0.1) is 0 Å². The molecule has 0 saturated carbocycles. The summed E-state index contributed by atoms with van der Waals surface area (Å²) in [5, 5.41) is 11.5. The minimum atomic E-state index is -4.58. The van der Waals surface area contributed by atoms with Crippen molar-refractivity contribution in [1.29, 1.82) is 0 Å². The van der Waals surface area contributed by atoms with Gasteiger partial charge in [0.15, 0.2) is 6.04 Å². The third-order valence-corrected chi connectivity index (χ3v) is 7.21. The number of aliphatic carboxylic acids is 1. The fourth-order valence-corrected chi connectivity index (χ4v) is 5.35. The molecule has 1 aliphatic heterocycles. The number of carbonyl (C=O) groups is 1. The number of fused-ring (bicyclic) bond motifs is 2. The fraction of sp³-hybridized carbons (Fsp3) is 0.214. The van der Waals surface area contributed by atoms with Gasteiger partial charge in [0.1, 0.15) is 10.8 Å². The smallest absolute Gasteiger partial charge is 0.416 e. The number of carboxylic acid groups (broad SMARTS) is 1. The molecule has 5 nitrogen and oxygen atoms in total. The van der Waals surface area contributed by atoms with E-state index in [0.717, 1.165) is 33.0 Å². The zero-order valence-electron chi connectivity index (χ0n) is 19.7. The molecule has 1 atom stereocenters. The molecule has 190 valence electrons. The SMILES string of the molecule is CCN1CC(C(=O)O)n2c1c(-c1cccc(C(F)(F)F)c1)c(Cc1cccc3ccccc13)c(Cl)c2=O. The molecule has 1 aliphatic rings. The van der Waals surface area contributed by atoms with Crippen LogP contribution in [0.1, 0.15) is 29.7 Å². The van der Waals surface area contributed by atoms with Crippen LogP contribution in [-0.2, 0) is 17.4 Å². The van der Waals surface area contributed by atoms with Crippen molar-refractivity contribution in [2.75, 3.05) is 18.0 Å². The summed E-state index contributed by atoms with van der Waals surface area (Å²) in [7, 11) is 0. The van der Waals surface area contributed by atoms with Gasteiger partial charge < -0.3 is 10.0 Å². The van der Waals surface area contributed by atoms with Gasteiger partial charge in [0.05, 0.1) is 12.1 Å². The van der Waals surface area contributed by atoms with Crippen LogP contribution in [0.2, 0.25) is 5.02 Å². The molecule has 0 aliphatic carbocycles. The highest BCUT2D eigenvalue weighted by Gasteiger charge is 2.39. The fourth-order valence-electron chi connectivity index (χ4n) is 5.10. The van der Waals surface area contributed by atoms with E-state index in [1.807, 2.05) is 42.5 Å². The number of hydrogen-bond donors (Lipinski definition) is 1. The zero-order valence-corrected chi connectivity index (χ0v) is 20.5. The lowest BCUT2D eigenvalue weighted by Gasteiger charge is -2.24. The number of pyridine rings is 1. The highest BCUT2D eigenvalue weighted by atomic mass is 35.5. The van der Waals surface area contributed by atoms with Crippen molar-refractivity contribution in [3.63, 3.8) is 0 Å². The van der Waals surface area contributed by atoms with Crippen LogP contribution in [0, 0.1) is 0 Å². The Morgan fingerprint density at radius 1 is 1.08 bits per heavy atom. The van der Waals surface area contributed by atoms with Crippen molar-refractivity contribution < 1.29 is 23.1 Å². The van der Waals surface area contributed by atoms with Crippen LogP contribution in [0.5, 0.6) is 0 Å². The molecule has 37 heavy (non-hydrogen) atoms. The Morgan fingerprint density at radius 3 is 2.49 bits per heavy atom. The molecule has 0 saturated heterocycles. The number of nitrogens with zero attached hydrogens (tertiary/aromatic N) is 2. The molecule has 2 heterocycles. The van der Waals surface area contributed by atoms with E-state index >= 15 is 0 Å². The van der Waals surface area contributed by atoms with Crippen LogP contribution in [-0.4, -0.2) is 28.7 Å². The molecule has 9 heteroatoms. The number of hydrogen-bond acceptors (Lipinski definition) is 3. The summed E-state index contributed by atoms with van der Waals surface area (Å²) in [6, 6.07) is 17.0. The predicted molar refractivity (Wildman–Crippen MR) is 137 cm³/mol. The Labute approximate surface area is 215 Å². The highest BCUT2D eigenvalue weighted by Crippen LogP contribution is 2.43. The molecule has 5 rings (SSSR count). The summed E-state index contributed by atoms with van der Waals surface area (Å²) >= 11 is 6.66. The summed E-state index contributed by atoms with van der Waals surface area (Å²) in [4.78, 5) is 27.3. The number of likely N-dealkylation sites (N-methyl/N-ethyl adjacent to an activating group) is 1. The lowest BCUT2D eigenvalue weighted by Crippen LogP contribution is -2.29. The van der Waals surface area contributed by atoms with Gasteiger partial charge in [-0.2, -0.15) is 13.2 Å². The molecule has 0 spiro atoms. The van der Waals surface area contributed by atoms with Gasteiger partial charge in [-0.3, -0.25) is 9.36 Å². The van der Waals surface area contributed by atoms with Crippen LogP contribution in [0.25, 0.3) is 21.9 Å². The second-order valence-corrected chi connectivity index (χ2v) is 9.33. The van der Waals surface area contributed by atoms with E-state index in [-0.39, 0.29) is 29.4 Å². The average Bonchev–Trinajstić information content (AvgIpc) is 3.27. The molecule has 0 bridgehead atoms. The summed E-state index contributed by atoms with van der Waals surface area (Å²) in [6.07, 6.45) is -4.41. The number of benzene rings is 3. The van der Waals surface area contributed by atoms with E-state index in [4.69, 9.17) is 11.6 Å². The summed E-state index contributed by atoms with van der Waals surface area (Å²) in [6.45, 7) is 2.15. The standard InChI is InChI=1S/C28H22ClF3N2O3/c1-2-33-15-22(27(36)37)34-25(33)23(18-10-6-11-19(13-18)28(30,31)32)21(24(29)26(34)35)14-17-9-5-8-16-7-3-4-12-20(16)17/h3-13,22H,2,14-15H2,1H3,(H,36,37). The van der Waals surface area contributed by atoms with Gasteiger partial charge in [0.2, 0.25) is 0 Å². The van der Waals surface area contributed by atoms with E-state index in [1.54, 1.807) is 11.8 Å². The topological polar surface area (TPSA) is 62.5 Å². The molecule has 1 aromatic heterocycles. The van der Waals surface area contributed by atoms with Crippen molar-refractivity contribution >= 4 is 34.2 Å². The van der Waals surface area contributed by atoms with Crippen LogP contribution < -0.4 is 10.5 Å². The molecule has 0 radical (unpaired) electrons. The van der Waals surface area contributed by atoms with Gasteiger partial charge >= 0.3 is 12.1 Å². The predicted octanol–water partition coefficient (Wildman–Crippen LogP) is 6.40. The number of halogens is 4. The van der Waals surface area contributed by atoms with E-state index in [1.165, 1.54) is 12.1 Å². The normalized spacial score (nSPS) is 15.3. The van der Waals surface area contributed by atoms with Gasteiger partial charge in [0.25, 0.3) is 5.56 Å². The van der Waals surface area contributed by atoms with E-state index in [0.29, 0.717) is 17.7 Å². The second-order valence-electron chi connectivity index (χ2n) is 8.95. The van der Waals surface area contributed by atoms with Gasteiger partial charge in [-0.05, 0) is 46.5 Å². The number of anilines is 1. The van der Waals surface area contributed by atoms with Crippen LogP contribution >= 0.6 is 11.6 Å². The molecule has 0 fully saturated rings. The van der Waals surface area contributed by atoms with Crippen LogP contribution in [0.3, 0.4) is 0 Å². The Bertz CT molecular complexity index is 1590. The quantitative estimate of drug-likeness (QED) is 0.327. The van der Waals surface area contributed by atoms with Crippen molar-refractivity contribution in [3.05, 3.63) is 98.8 Å². The average molecular weight is 527 g/mol. The summed E-state index contributed by atoms with van der Waals surface area (Å²) in [5.41, 5.74) is 0.213. The zero-order chi connectivity index (χ0) is 26.5. The Balaban J connectivity index is 1.85. The largest absolute Gasteiger partial charge is 0.480 e. The monoisotopic (exact) mass is 526 g/mol. The molecular weight excluding hydrogens is 505 g/mol. The van der Waals surface area contributed by atoms with Gasteiger partial charge in [-0.1, -0.05) is 66.2 Å². The molecule has 1 unspecified atom stereocenters. The van der Waals surface area contributed by atoms with Crippen molar-refractivity contribution in [3.8, 4) is 11.1 Å². The maximum atomic E-state index is 13.7. The number of carboxylic acids is 1. The highest BCUT2D eigenvalue weighted by molar-refractivity contribution is 6.32. The second kappa shape index (κ2) is 9.27. The molecule has 1 N–H and O–H groups in total. The van der Waals surface area contributed by atoms with Gasteiger partial charge in [0, 0.05) is 18.5 Å². The number of alkyl halides is 3. The first-order valence-corrected chi connectivity index (χ1v) is 12.1. The first-order valence-electron chi connectivity index (χ1n) is 11.7. The first-order chi connectivity index (χ1) is 17.6. The Morgan fingerprint density at radius 2 is 1.78 bits per heavy atom. The molecule has 4 aromatic rings. The Hall–Kier alpha value is -3.78. The van der Waals surface area contributed by atoms with Crippen LogP contribution in [0.15, 0.2) is 71.5 Å². The van der Waals surface area contributed by atoms with Crippen molar-refractivity contribution in [2.24, 2.45) is 0 Å². The minimum absolute atomic E-state index is 0.00108. The molecule has 0 amide bonds. The van der Waals surface area contributed by atoms with E-state index in [2.05, 4.69) is 0 Å². The summed E-state index contributed by atoms with van der Waals surface area (Å²) < 4.78 is 42.1. The third kappa shape index (κ3) is 4.25. The lowest BCUT2D eigenvalue weighted by atomic mass is 9.92. The van der Waals surface area contributed by atoms with Crippen LogP contribution in [0.4, 0.5) is 19.0 Å². The molecule has 3 aromatic carbocycles. The Kier molecular flexibility index (Phi) is 6.23. The number of rotatable bonds is 5. The maximum Gasteiger partial charge on any atom is 0.416 e. The number of aromatic nitrogens is 1. The van der Waals surface area contributed by atoms with Gasteiger partial charge in [-0.25, -0.2) is 4.79 Å².